The van der Waals surface area contributed by atoms with E-state index in [1.807, 2.05) is 69.3 Å². The van der Waals surface area contributed by atoms with Crippen LogP contribution in [-0.4, -0.2) is 39.5 Å². The summed E-state index contributed by atoms with van der Waals surface area (Å²) in [4.78, 5) is 12.9. The van der Waals surface area contributed by atoms with Crippen molar-refractivity contribution >= 4 is 5.97 Å². The van der Waals surface area contributed by atoms with Crippen molar-refractivity contribution in [2.75, 3.05) is 28.4 Å². The fourth-order valence-electron chi connectivity index (χ4n) is 4.75. The SMILES string of the molecule is COc1ccc(CC(C(=O)O)C(C)(c2ccc(OC)c(C)c2)c2ccc(OC)c(C)c2)c(OC)c1. The van der Waals surface area contributed by atoms with E-state index in [2.05, 4.69) is 0 Å². The molecule has 0 aliphatic carbocycles. The van der Waals surface area contributed by atoms with Crippen LogP contribution in [0.2, 0.25) is 0 Å². The zero-order chi connectivity index (χ0) is 25.8. The molecule has 0 aliphatic rings. The van der Waals surface area contributed by atoms with Gasteiger partial charge in [-0.05, 0) is 66.3 Å². The van der Waals surface area contributed by atoms with Crippen molar-refractivity contribution in [2.24, 2.45) is 5.92 Å². The van der Waals surface area contributed by atoms with Gasteiger partial charge in [-0.25, -0.2) is 0 Å². The van der Waals surface area contributed by atoms with Gasteiger partial charge in [-0.2, -0.15) is 0 Å². The second-order valence-electron chi connectivity index (χ2n) is 8.84. The van der Waals surface area contributed by atoms with Crippen LogP contribution in [0.15, 0.2) is 54.6 Å². The highest BCUT2D eigenvalue weighted by Crippen LogP contribution is 2.44. The molecule has 1 atom stereocenters. The van der Waals surface area contributed by atoms with Gasteiger partial charge in [0.2, 0.25) is 0 Å². The number of benzene rings is 3. The Kier molecular flexibility index (Phi) is 7.95. The van der Waals surface area contributed by atoms with E-state index in [1.165, 1.54) is 0 Å². The zero-order valence-corrected chi connectivity index (χ0v) is 21.5. The van der Waals surface area contributed by atoms with E-state index in [9.17, 15) is 9.90 Å². The lowest BCUT2D eigenvalue weighted by Crippen LogP contribution is -2.40. The summed E-state index contributed by atoms with van der Waals surface area (Å²) in [7, 11) is 6.42. The highest BCUT2D eigenvalue weighted by atomic mass is 16.5. The molecule has 0 heterocycles. The molecule has 3 aromatic rings. The number of aliphatic carboxylic acids is 1. The summed E-state index contributed by atoms with van der Waals surface area (Å²) in [6, 6.07) is 17.2. The van der Waals surface area contributed by atoms with Crippen LogP contribution in [0.25, 0.3) is 0 Å². The highest BCUT2D eigenvalue weighted by molar-refractivity contribution is 5.75. The maximum absolute atomic E-state index is 12.9. The van der Waals surface area contributed by atoms with Crippen molar-refractivity contribution in [1.82, 2.24) is 0 Å². The first kappa shape index (κ1) is 25.9. The number of rotatable bonds is 10. The zero-order valence-electron chi connectivity index (χ0n) is 21.5. The quantitative estimate of drug-likeness (QED) is 0.410. The summed E-state index contributed by atoms with van der Waals surface area (Å²) < 4.78 is 21.8. The van der Waals surface area contributed by atoms with E-state index in [1.54, 1.807) is 34.5 Å². The van der Waals surface area contributed by atoms with Crippen molar-refractivity contribution in [1.29, 1.82) is 0 Å². The molecule has 0 aliphatic heterocycles. The predicted octanol–water partition coefficient (Wildman–Crippen LogP) is 5.59. The van der Waals surface area contributed by atoms with Gasteiger partial charge in [-0.3, -0.25) is 4.79 Å². The van der Waals surface area contributed by atoms with Crippen LogP contribution in [0, 0.1) is 19.8 Å². The Morgan fingerprint density at radius 3 is 1.69 bits per heavy atom. The normalized spacial score (nSPS) is 12.1. The van der Waals surface area contributed by atoms with Gasteiger partial charge in [0, 0.05) is 11.5 Å². The van der Waals surface area contributed by atoms with Gasteiger partial charge < -0.3 is 24.1 Å². The first-order valence-electron chi connectivity index (χ1n) is 11.4. The molecular weight excluding hydrogens is 444 g/mol. The molecule has 0 bridgehead atoms. The summed E-state index contributed by atoms with van der Waals surface area (Å²) in [5, 5.41) is 10.6. The summed E-state index contributed by atoms with van der Waals surface area (Å²) in [6.45, 7) is 5.92. The van der Waals surface area contributed by atoms with Crippen molar-refractivity contribution in [3.63, 3.8) is 0 Å². The molecule has 0 fully saturated rings. The lowest BCUT2D eigenvalue weighted by atomic mass is 9.65. The third-order valence-electron chi connectivity index (χ3n) is 6.90. The number of carbonyl (C=O) groups is 1. The first-order valence-corrected chi connectivity index (χ1v) is 11.4. The average molecular weight is 479 g/mol. The van der Waals surface area contributed by atoms with E-state index in [0.717, 1.165) is 39.3 Å². The monoisotopic (exact) mass is 478 g/mol. The minimum Gasteiger partial charge on any atom is -0.497 e. The summed E-state index contributed by atoms with van der Waals surface area (Å²) in [5.74, 6) is 1.06. The minimum atomic E-state index is -0.896. The van der Waals surface area contributed by atoms with E-state index in [4.69, 9.17) is 18.9 Å². The standard InChI is InChI=1S/C29H34O6/c1-18-14-21(9-12-25(18)33-5)29(3,22-10-13-26(34-6)19(2)15-22)24(28(30)31)16-20-8-11-23(32-4)17-27(20)35-7/h8-15,17,24H,16H2,1-7H3,(H,30,31). The number of ether oxygens (including phenoxy) is 4. The molecule has 3 aromatic carbocycles. The van der Waals surface area contributed by atoms with Gasteiger partial charge in [-0.1, -0.05) is 37.3 Å². The number of hydrogen-bond acceptors (Lipinski definition) is 5. The molecule has 1 N–H and O–H groups in total. The number of methoxy groups -OCH3 is 4. The molecular formula is C29H34O6. The third-order valence-corrected chi connectivity index (χ3v) is 6.90. The Balaban J connectivity index is 2.23. The van der Waals surface area contributed by atoms with Gasteiger partial charge in [-0.15, -0.1) is 0 Å². The van der Waals surface area contributed by atoms with E-state index in [-0.39, 0.29) is 6.42 Å². The van der Waals surface area contributed by atoms with Crippen LogP contribution in [0.1, 0.15) is 34.7 Å². The van der Waals surface area contributed by atoms with Crippen LogP contribution in [0.4, 0.5) is 0 Å². The van der Waals surface area contributed by atoms with Gasteiger partial charge in [0.25, 0.3) is 0 Å². The number of carboxylic acids is 1. The van der Waals surface area contributed by atoms with Crippen molar-refractivity contribution < 1.29 is 28.8 Å². The Bertz CT molecular complexity index is 1150. The van der Waals surface area contributed by atoms with Crippen LogP contribution >= 0.6 is 0 Å². The second kappa shape index (κ2) is 10.7. The van der Waals surface area contributed by atoms with Crippen molar-refractivity contribution in [3.8, 4) is 23.0 Å². The summed E-state index contributed by atoms with van der Waals surface area (Å²) >= 11 is 0. The lowest BCUT2D eigenvalue weighted by Gasteiger charge is -2.37. The van der Waals surface area contributed by atoms with Crippen molar-refractivity contribution in [2.45, 2.75) is 32.6 Å². The molecule has 3 rings (SSSR count). The Hall–Kier alpha value is -3.67. The first-order chi connectivity index (χ1) is 16.7. The maximum Gasteiger partial charge on any atom is 0.308 e. The van der Waals surface area contributed by atoms with E-state index < -0.39 is 17.3 Å². The maximum atomic E-state index is 12.9. The fraction of sp³-hybridized carbons (Fsp3) is 0.345. The number of aryl methyl sites for hydroxylation is 2. The highest BCUT2D eigenvalue weighted by Gasteiger charge is 2.43. The van der Waals surface area contributed by atoms with E-state index >= 15 is 0 Å². The fourth-order valence-corrected chi connectivity index (χ4v) is 4.75. The molecule has 35 heavy (non-hydrogen) atoms. The molecule has 0 amide bonds. The van der Waals surface area contributed by atoms with Gasteiger partial charge in [0.05, 0.1) is 34.4 Å². The van der Waals surface area contributed by atoms with Gasteiger partial charge in [0.15, 0.2) is 0 Å². The van der Waals surface area contributed by atoms with Crippen LogP contribution in [0.5, 0.6) is 23.0 Å². The number of carboxylic acid groups (broad SMARTS) is 1. The molecule has 186 valence electrons. The Morgan fingerprint density at radius 1 is 0.771 bits per heavy atom. The van der Waals surface area contributed by atoms with Crippen LogP contribution in [0.3, 0.4) is 0 Å². The molecule has 0 aromatic heterocycles. The summed E-state index contributed by atoms with van der Waals surface area (Å²) in [6.07, 6.45) is 0.259. The molecule has 0 saturated carbocycles. The number of hydrogen-bond donors (Lipinski definition) is 1. The summed E-state index contributed by atoms with van der Waals surface area (Å²) in [5.41, 5.74) is 3.58. The van der Waals surface area contributed by atoms with E-state index in [0.29, 0.717) is 11.5 Å². The topological polar surface area (TPSA) is 74.2 Å². The predicted molar refractivity (Wildman–Crippen MR) is 136 cm³/mol. The Labute approximate surface area is 207 Å². The van der Waals surface area contributed by atoms with Crippen LogP contribution < -0.4 is 18.9 Å². The molecule has 0 radical (unpaired) electrons. The molecule has 1 unspecified atom stereocenters. The van der Waals surface area contributed by atoms with Crippen LogP contribution in [-0.2, 0) is 16.6 Å². The molecule has 0 saturated heterocycles. The largest absolute Gasteiger partial charge is 0.497 e. The molecule has 6 nitrogen and oxygen atoms in total. The average Bonchev–Trinajstić information content (AvgIpc) is 2.86. The van der Waals surface area contributed by atoms with Gasteiger partial charge in [0.1, 0.15) is 23.0 Å². The third kappa shape index (κ3) is 5.06. The second-order valence-corrected chi connectivity index (χ2v) is 8.84. The van der Waals surface area contributed by atoms with Crippen molar-refractivity contribution in [3.05, 3.63) is 82.4 Å². The smallest absolute Gasteiger partial charge is 0.308 e. The molecule has 0 spiro atoms. The Morgan fingerprint density at radius 2 is 1.29 bits per heavy atom. The minimum absolute atomic E-state index is 0.259. The molecule has 6 heteroatoms. The van der Waals surface area contributed by atoms with Gasteiger partial charge >= 0.3 is 5.97 Å². The lowest BCUT2D eigenvalue weighted by molar-refractivity contribution is -0.143.